The van der Waals surface area contributed by atoms with E-state index in [-0.39, 0.29) is 0 Å². The van der Waals surface area contributed by atoms with Gasteiger partial charge in [-0.2, -0.15) is 13.2 Å². The van der Waals surface area contributed by atoms with E-state index in [2.05, 4.69) is 10.2 Å². The standard InChI is InChI=1S/C11H10F3N3/c1-2-17-7-15-16-10(17)8-4-3-5-9(6-8)11(12,13)14/h3-7H,2H2,1H3. The van der Waals surface area contributed by atoms with Gasteiger partial charge in [0.1, 0.15) is 6.33 Å². The van der Waals surface area contributed by atoms with E-state index < -0.39 is 11.7 Å². The van der Waals surface area contributed by atoms with E-state index in [0.717, 1.165) is 12.1 Å². The Morgan fingerprint density at radius 2 is 2.06 bits per heavy atom. The van der Waals surface area contributed by atoms with Gasteiger partial charge in [0.05, 0.1) is 5.56 Å². The SMILES string of the molecule is CCn1cnnc1-c1cccc(C(F)(F)F)c1. The number of alkyl halides is 3. The molecule has 0 saturated heterocycles. The maximum atomic E-state index is 12.5. The molecule has 0 amide bonds. The molecule has 0 unspecified atom stereocenters. The fourth-order valence-electron chi connectivity index (χ4n) is 1.54. The van der Waals surface area contributed by atoms with E-state index in [1.165, 1.54) is 12.4 Å². The van der Waals surface area contributed by atoms with Crippen molar-refractivity contribution in [1.29, 1.82) is 0 Å². The largest absolute Gasteiger partial charge is 0.416 e. The monoisotopic (exact) mass is 241 g/mol. The summed E-state index contributed by atoms with van der Waals surface area (Å²) in [5.74, 6) is 0.443. The van der Waals surface area contributed by atoms with E-state index >= 15 is 0 Å². The van der Waals surface area contributed by atoms with E-state index in [9.17, 15) is 13.2 Å². The molecule has 1 aromatic heterocycles. The van der Waals surface area contributed by atoms with Crippen molar-refractivity contribution in [1.82, 2.24) is 14.8 Å². The molecule has 3 nitrogen and oxygen atoms in total. The summed E-state index contributed by atoms with van der Waals surface area (Å²) in [6, 6.07) is 5.07. The summed E-state index contributed by atoms with van der Waals surface area (Å²) < 4.78 is 39.3. The molecule has 0 aliphatic heterocycles. The maximum Gasteiger partial charge on any atom is 0.416 e. The minimum atomic E-state index is -4.34. The minimum Gasteiger partial charge on any atom is -0.314 e. The molecule has 0 atom stereocenters. The van der Waals surface area contributed by atoms with Gasteiger partial charge in [0.15, 0.2) is 5.82 Å². The van der Waals surface area contributed by atoms with E-state index in [4.69, 9.17) is 0 Å². The Labute approximate surface area is 95.9 Å². The third-order valence-electron chi connectivity index (χ3n) is 2.40. The highest BCUT2D eigenvalue weighted by Crippen LogP contribution is 2.31. The van der Waals surface area contributed by atoms with E-state index in [1.807, 2.05) is 6.92 Å². The first kappa shape index (κ1) is 11.6. The lowest BCUT2D eigenvalue weighted by Gasteiger charge is -2.08. The number of rotatable bonds is 2. The highest BCUT2D eigenvalue weighted by molar-refractivity contribution is 5.56. The Kier molecular flexibility index (Phi) is 2.87. The molecule has 0 saturated carbocycles. The van der Waals surface area contributed by atoms with Gasteiger partial charge in [0.25, 0.3) is 0 Å². The lowest BCUT2D eigenvalue weighted by molar-refractivity contribution is -0.137. The van der Waals surface area contributed by atoms with Gasteiger partial charge < -0.3 is 4.57 Å². The topological polar surface area (TPSA) is 30.7 Å². The second-order valence-electron chi connectivity index (χ2n) is 3.52. The first-order chi connectivity index (χ1) is 8.02. The molecule has 2 rings (SSSR count). The molecule has 17 heavy (non-hydrogen) atoms. The van der Waals surface area contributed by atoms with Crippen LogP contribution in [0.25, 0.3) is 11.4 Å². The van der Waals surface area contributed by atoms with Crippen molar-refractivity contribution in [2.24, 2.45) is 0 Å². The van der Waals surface area contributed by atoms with Crippen molar-refractivity contribution in [3.05, 3.63) is 36.2 Å². The van der Waals surface area contributed by atoms with Crippen LogP contribution in [0.15, 0.2) is 30.6 Å². The number of hydrogen-bond donors (Lipinski definition) is 0. The van der Waals surface area contributed by atoms with Gasteiger partial charge in [0.2, 0.25) is 0 Å². The van der Waals surface area contributed by atoms with E-state index in [1.54, 1.807) is 10.6 Å². The Morgan fingerprint density at radius 1 is 1.29 bits per heavy atom. The molecular formula is C11H10F3N3. The number of nitrogens with zero attached hydrogens (tertiary/aromatic N) is 3. The zero-order chi connectivity index (χ0) is 12.5. The van der Waals surface area contributed by atoms with Crippen molar-refractivity contribution in [3.63, 3.8) is 0 Å². The van der Waals surface area contributed by atoms with Crippen LogP contribution >= 0.6 is 0 Å². The Hall–Kier alpha value is -1.85. The average molecular weight is 241 g/mol. The van der Waals surface area contributed by atoms with Crippen LogP contribution in [0.2, 0.25) is 0 Å². The van der Waals surface area contributed by atoms with Gasteiger partial charge in [-0.25, -0.2) is 0 Å². The molecular weight excluding hydrogens is 231 g/mol. The summed E-state index contributed by atoms with van der Waals surface area (Å²) >= 11 is 0. The summed E-state index contributed by atoms with van der Waals surface area (Å²) in [6.07, 6.45) is -2.84. The third-order valence-corrected chi connectivity index (χ3v) is 2.40. The number of aromatic nitrogens is 3. The average Bonchev–Trinajstić information content (AvgIpc) is 2.76. The van der Waals surface area contributed by atoms with Crippen LogP contribution in [0.5, 0.6) is 0 Å². The molecule has 0 fully saturated rings. The Balaban J connectivity index is 2.47. The van der Waals surface area contributed by atoms with Gasteiger partial charge in [-0.05, 0) is 19.1 Å². The lowest BCUT2D eigenvalue weighted by atomic mass is 10.1. The lowest BCUT2D eigenvalue weighted by Crippen LogP contribution is -2.05. The molecule has 0 N–H and O–H groups in total. The number of benzene rings is 1. The number of halogens is 3. The van der Waals surface area contributed by atoms with Crippen LogP contribution in [-0.4, -0.2) is 14.8 Å². The van der Waals surface area contributed by atoms with Crippen LogP contribution < -0.4 is 0 Å². The van der Waals surface area contributed by atoms with Crippen molar-refractivity contribution >= 4 is 0 Å². The van der Waals surface area contributed by atoms with Crippen LogP contribution in [0.1, 0.15) is 12.5 Å². The molecule has 0 bridgehead atoms. The maximum absolute atomic E-state index is 12.5. The normalized spacial score (nSPS) is 11.8. The van der Waals surface area contributed by atoms with Crippen LogP contribution in [-0.2, 0) is 12.7 Å². The van der Waals surface area contributed by atoms with Crippen molar-refractivity contribution in [3.8, 4) is 11.4 Å². The minimum absolute atomic E-state index is 0.416. The van der Waals surface area contributed by atoms with Gasteiger partial charge in [-0.15, -0.1) is 10.2 Å². The second kappa shape index (κ2) is 4.20. The number of hydrogen-bond acceptors (Lipinski definition) is 2. The van der Waals surface area contributed by atoms with Gasteiger partial charge in [-0.3, -0.25) is 0 Å². The zero-order valence-electron chi connectivity index (χ0n) is 9.07. The Morgan fingerprint density at radius 3 is 2.71 bits per heavy atom. The predicted molar refractivity (Wildman–Crippen MR) is 56.1 cm³/mol. The Bertz CT molecular complexity index is 517. The molecule has 0 spiro atoms. The molecule has 1 aromatic carbocycles. The molecule has 6 heteroatoms. The molecule has 90 valence electrons. The quantitative estimate of drug-likeness (QED) is 0.809. The van der Waals surface area contributed by atoms with E-state index in [0.29, 0.717) is 17.9 Å². The highest BCUT2D eigenvalue weighted by Gasteiger charge is 2.30. The van der Waals surface area contributed by atoms with Crippen LogP contribution in [0.3, 0.4) is 0 Å². The fourth-order valence-corrected chi connectivity index (χ4v) is 1.54. The molecule has 0 radical (unpaired) electrons. The summed E-state index contributed by atoms with van der Waals surface area (Å²) in [6.45, 7) is 2.49. The summed E-state index contributed by atoms with van der Waals surface area (Å²) in [4.78, 5) is 0. The summed E-state index contributed by atoms with van der Waals surface area (Å²) in [5.41, 5.74) is -0.264. The zero-order valence-corrected chi connectivity index (χ0v) is 9.07. The number of aryl methyl sites for hydroxylation is 1. The van der Waals surface area contributed by atoms with Crippen molar-refractivity contribution < 1.29 is 13.2 Å². The molecule has 1 heterocycles. The van der Waals surface area contributed by atoms with Gasteiger partial charge in [0, 0.05) is 12.1 Å². The summed E-state index contributed by atoms with van der Waals surface area (Å²) in [7, 11) is 0. The second-order valence-corrected chi connectivity index (χ2v) is 3.52. The molecule has 0 aliphatic carbocycles. The van der Waals surface area contributed by atoms with Gasteiger partial charge in [-0.1, -0.05) is 12.1 Å². The fraction of sp³-hybridized carbons (Fsp3) is 0.273. The molecule has 2 aromatic rings. The first-order valence-corrected chi connectivity index (χ1v) is 5.08. The predicted octanol–water partition coefficient (Wildman–Crippen LogP) is 2.98. The third kappa shape index (κ3) is 2.30. The first-order valence-electron chi connectivity index (χ1n) is 5.08. The van der Waals surface area contributed by atoms with Crippen molar-refractivity contribution in [2.75, 3.05) is 0 Å². The van der Waals surface area contributed by atoms with Crippen molar-refractivity contribution in [2.45, 2.75) is 19.6 Å². The molecule has 0 aliphatic rings. The summed E-state index contributed by atoms with van der Waals surface area (Å²) in [5, 5.41) is 7.52. The smallest absolute Gasteiger partial charge is 0.314 e. The van der Waals surface area contributed by atoms with Crippen LogP contribution in [0.4, 0.5) is 13.2 Å². The van der Waals surface area contributed by atoms with Crippen LogP contribution in [0, 0.1) is 0 Å². The van der Waals surface area contributed by atoms with Gasteiger partial charge >= 0.3 is 6.18 Å². The highest BCUT2D eigenvalue weighted by atomic mass is 19.4.